The van der Waals surface area contributed by atoms with E-state index in [1.807, 2.05) is 0 Å². The van der Waals surface area contributed by atoms with Crippen LogP contribution in [0.1, 0.15) is 33.1 Å². The van der Waals surface area contributed by atoms with Gasteiger partial charge in [0.05, 0.1) is 35.8 Å². The minimum atomic E-state index is -4.90. The molecule has 1 aliphatic heterocycles. The van der Waals surface area contributed by atoms with E-state index in [9.17, 15) is 26.7 Å². The van der Waals surface area contributed by atoms with Gasteiger partial charge in [-0.1, -0.05) is 11.3 Å². The summed E-state index contributed by atoms with van der Waals surface area (Å²) < 4.78 is 67.5. The molecule has 0 N–H and O–H groups in total. The molecule has 1 aliphatic rings. The van der Waals surface area contributed by atoms with E-state index in [1.165, 1.54) is 9.58 Å². The molecule has 156 valence electrons. The van der Waals surface area contributed by atoms with Gasteiger partial charge < -0.3 is 4.90 Å². The first-order chi connectivity index (χ1) is 14.2. The van der Waals surface area contributed by atoms with E-state index in [0.717, 1.165) is 24.5 Å². The Labute approximate surface area is 166 Å². The summed E-state index contributed by atoms with van der Waals surface area (Å²) in [6.07, 6.45) is -2.55. The van der Waals surface area contributed by atoms with Gasteiger partial charge in [0.15, 0.2) is 5.82 Å². The van der Waals surface area contributed by atoms with E-state index >= 15 is 0 Å². The molecule has 7 nitrogen and oxygen atoms in total. The number of hydrogen-bond donors (Lipinski definition) is 0. The van der Waals surface area contributed by atoms with E-state index < -0.39 is 34.8 Å². The Bertz CT molecular complexity index is 1100. The highest BCUT2D eigenvalue weighted by Gasteiger charge is 2.37. The molecule has 0 fully saturated rings. The second kappa shape index (κ2) is 7.43. The van der Waals surface area contributed by atoms with Gasteiger partial charge in [-0.15, -0.1) is 5.10 Å². The molecular weight excluding hydrogens is 411 g/mol. The zero-order valence-corrected chi connectivity index (χ0v) is 15.2. The van der Waals surface area contributed by atoms with Crippen molar-refractivity contribution in [1.29, 1.82) is 0 Å². The lowest BCUT2D eigenvalue weighted by molar-refractivity contribution is -0.140. The fourth-order valence-electron chi connectivity index (χ4n) is 3.21. The number of rotatable bonds is 3. The van der Waals surface area contributed by atoms with E-state index in [-0.39, 0.29) is 19.6 Å². The van der Waals surface area contributed by atoms with Gasteiger partial charge >= 0.3 is 6.18 Å². The van der Waals surface area contributed by atoms with Crippen LogP contribution in [0.5, 0.6) is 0 Å². The summed E-state index contributed by atoms with van der Waals surface area (Å²) in [6.45, 7) is 0.242. The zero-order valence-electron chi connectivity index (χ0n) is 15.2. The molecule has 0 aliphatic carbocycles. The molecule has 0 unspecified atom stereocenters. The largest absolute Gasteiger partial charge is 0.419 e. The first kappa shape index (κ1) is 19.9. The molecule has 3 heterocycles. The smallest absolute Gasteiger partial charge is 0.332 e. The van der Waals surface area contributed by atoms with Crippen molar-refractivity contribution in [2.45, 2.75) is 25.7 Å². The molecule has 1 aromatic carbocycles. The summed E-state index contributed by atoms with van der Waals surface area (Å²) in [7, 11) is 0. The maximum absolute atomic E-state index is 14.3. The van der Waals surface area contributed by atoms with Crippen molar-refractivity contribution in [3.05, 3.63) is 70.6 Å². The maximum Gasteiger partial charge on any atom is 0.419 e. The number of hydrogen-bond acceptors (Lipinski definition) is 5. The van der Waals surface area contributed by atoms with Crippen LogP contribution >= 0.6 is 0 Å². The van der Waals surface area contributed by atoms with Gasteiger partial charge in [-0.25, -0.2) is 23.4 Å². The quantitative estimate of drug-likeness (QED) is 0.605. The Morgan fingerprint density at radius 2 is 1.87 bits per heavy atom. The van der Waals surface area contributed by atoms with Crippen LogP contribution in [0.3, 0.4) is 0 Å². The van der Waals surface area contributed by atoms with Crippen LogP contribution in [0, 0.1) is 11.6 Å². The van der Waals surface area contributed by atoms with Crippen molar-refractivity contribution < 1.29 is 26.7 Å². The number of benzene rings is 1. The fourth-order valence-corrected chi connectivity index (χ4v) is 3.21. The molecule has 2 aromatic heterocycles. The van der Waals surface area contributed by atoms with Crippen LogP contribution in [0.2, 0.25) is 0 Å². The Balaban J connectivity index is 1.53. The predicted octanol–water partition coefficient (Wildman–Crippen LogP) is 2.61. The summed E-state index contributed by atoms with van der Waals surface area (Å²) in [5.41, 5.74) is -1.02. The molecule has 0 bridgehead atoms. The molecule has 0 saturated heterocycles. The number of carbonyl (C=O) groups is 1. The third-order valence-electron chi connectivity index (χ3n) is 4.66. The molecule has 0 saturated carbocycles. The molecule has 0 atom stereocenters. The molecular formula is C18H13F5N6O. The van der Waals surface area contributed by atoms with Gasteiger partial charge in [0.2, 0.25) is 0 Å². The van der Waals surface area contributed by atoms with Gasteiger partial charge in [0, 0.05) is 13.0 Å². The zero-order chi connectivity index (χ0) is 21.5. The molecule has 0 spiro atoms. The third kappa shape index (κ3) is 3.72. The summed E-state index contributed by atoms with van der Waals surface area (Å²) in [6, 6.07) is 2.60. The number of amides is 1. The van der Waals surface area contributed by atoms with Crippen LogP contribution in [0.25, 0.3) is 0 Å². The third-order valence-corrected chi connectivity index (χ3v) is 4.66. The van der Waals surface area contributed by atoms with Crippen LogP contribution in [-0.2, 0) is 25.7 Å². The fraction of sp³-hybridized carbons (Fsp3) is 0.278. The van der Waals surface area contributed by atoms with Crippen LogP contribution < -0.4 is 0 Å². The first-order valence-electron chi connectivity index (χ1n) is 8.76. The normalized spacial score (nSPS) is 14.0. The van der Waals surface area contributed by atoms with Crippen molar-refractivity contribution in [1.82, 2.24) is 29.9 Å². The van der Waals surface area contributed by atoms with Crippen molar-refractivity contribution in [2.75, 3.05) is 6.54 Å². The summed E-state index contributed by atoms with van der Waals surface area (Å²) in [5, 5.41) is 7.97. The minimum Gasteiger partial charge on any atom is -0.332 e. The van der Waals surface area contributed by atoms with Gasteiger partial charge in [-0.3, -0.25) is 4.79 Å². The SMILES string of the molecule is O=C(c1cccc(C(F)(F)F)c1F)N1CCc2c(nnn2Cc2ncc(F)cn2)C1. The van der Waals surface area contributed by atoms with Crippen molar-refractivity contribution in [3.63, 3.8) is 0 Å². The average molecular weight is 424 g/mol. The summed E-state index contributed by atoms with van der Waals surface area (Å²) in [5.74, 6) is -2.72. The van der Waals surface area contributed by atoms with Gasteiger partial charge in [0.1, 0.15) is 23.9 Å². The molecule has 4 rings (SSSR count). The van der Waals surface area contributed by atoms with Gasteiger partial charge in [-0.2, -0.15) is 13.2 Å². The average Bonchev–Trinajstić information content (AvgIpc) is 3.10. The van der Waals surface area contributed by atoms with E-state index in [0.29, 0.717) is 29.7 Å². The number of nitrogens with zero attached hydrogens (tertiary/aromatic N) is 6. The Kier molecular flexibility index (Phi) is 4.92. The lowest BCUT2D eigenvalue weighted by atomic mass is 10.1. The van der Waals surface area contributed by atoms with E-state index in [4.69, 9.17) is 0 Å². The Morgan fingerprint density at radius 3 is 2.57 bits per heavy atom. The number of carbonyl (C=O) groups excluding carboxylic acids is 1. The number of halogens is 5. The second-order valence-corrected chi connectivity index (χ2v) is 6.60. The highest BCUT2D eigenvalue weighted by molar-refractivity contribution is 5.94. The maximum atomic E-state index is 14.3. The van der Waals surface area contributed by atoms with Gasteiger partial charge in [-0.05, 0) is 12.1 Å². The highest BCUT2D eigenvalue weighted by atomic mass is 19.4. The number of aromatic nitrogens is 5. The molecule has 12 heteroatoms. The van der Waals surface area contributed by atoms with Crippen molar-refractivity contribution in [3.8, 4) is 0 Å². The predicted molar refractivity (Wildman–Crippen MR) is 91.0 cm³/mol. The monoisotopic (exact) mass is 424 g/mol. The van der Waals surface area contributed by atoms with Crippen LogP contribution in [0.4, 0.5) is 22.0 Å². The Hall–Kier alpha value is -3.44. The second-order valence-electron chi connectivity index (χ2n) is 6.60. The first-order valence-corrected chi connectivity index (χ1v) is 8.76. The standard InChI is InChI=1S/C18H13F5N6O/c19-10-6-24-15(25-7-10)9-29-14-4-5-28(8-13(14)26-27-29)17(30)11-2-1-3-12(16(11)20)18(21,22)23/h1-3,6-7H,4-5,8-9H2. The molecule has 3 aromatic rings. The number of alkyl halides is 3. The molecule has 0 radical (unpaired) electrons. The summed E-state index contributed by atoms with van der Waals surface area (Å²) >= 11 is 0. The van der Waals surface area contributed by atoms with Crippen LogP contribution in [0.15, 0.2) is 30.6 Å². The number of fused-ring (bicyclic) bond motifs is 1. The van der Waals surface area contributed by atoms with Gasteiger partial charge in [0.25, 0.3) is 5.91 Å². The lowest BCUT2D eigenvalue weighted by Crippen LogP contribution is -2.37. The Morgan fingerprint density at radius 1 is 1.13 bits per heavy atom. The van der Waals surface area contributed by atoms with E-state index in [2.05, 4.69) is 20.3 Å². The lowest BCUT2D eigenvalue weighted by Gasteiger charge is -2.27. The molecule has 30 heavy (non-hydrogen) atoms. The van der Waals surface area contributed by atoms with E-state index in [1.54, 1.807) is 0 Å². The van der Waals surface area contributed by atoms with Crippen molar-refractivity contribution in [2.24, 2.45) is 0 Å². The highest BCUT2D eigenvalue weighted by Crippen LogP contribution is 2.33. The van der Waals surface area contributed by atoms with Crippen LogP contribution in [-0.4, -0.2) is 42.3 Å². The topological polar surface area (TPSA) is 76.8 Å². The minimum absolute atomic E-state index is 0.0336. The molecule has 1 amide bonds. The van der Waals surface area contributed by atoms with Crippen molar-refractivity contribution >= 4 is 5.91 Å². The summed E-state index contributed by atoms with van der Waals surface area (Å²) in [4.78, 5) is 21.6.